The van der Waals surface area contributed by atoms with E-state index in [-0.39, 0.29) is 36.8 Å². The Labute approximate surface area is 177 Å². The van der Waals surface area contributed by atoms with Gasteiger partial charge in [-0.1, -0.05) is 12.8 Å². The van der Waals surface area contributed by atoms with Gasteiger partial charge in [-0.15, -0.1) is 0 Å². The number of hydrogen-bond donors (Lipinski definition) is 6. The highest BCUT2D eigenvalue weighted by atomic mass is 16.3. The number of aromatic hydroxyl groups is 2. The summed E-state index contributed by atoms with van der Waals surface area (Å²) in [5.41, 5.74) is 3.69. The Kier molecular flexibility index (Phi) is 7.60. The molecule has 164 valence electrons. The van der Waals surface area contributed by atoms with Gasteiger partial charge in [-0.05, 0) is 26.7 Å². The van der Waals surface area contributed by atoms with Crippen molar-refractivity contribution in [2.45, 2.75) is 77.9 Å². The average molecular weight is 417 g/mol. The number of hydrogen-bond acceptors (Lipinski definition) is 8. The van der Waals surface area contributed by atoms with Crippen molar-refractivity contribution in [3.8, 4) is 11.5 Å². The Morgan fingerprint density at radius 3 is 1.57 bits per heavy atom. The van der Waals surface area contributed by atoms with Crippen LogP contribution in [0.5, 0.6) is 11.5 Å². The Hall–Kier alpha value is -2.26. The minimum atomic E-state index is -0.172. The maximum Gasteiger partial charge on any atom is 0.141 e. The van der Waals surface area contributed by atoms with Crippen LogP contribution in [0.25, 0.3) is 0 Å². The van der Waals surface area contributed by atoms with E-state index in [2.05, 4.69) is 20.6 Å². The number of aromatic nitrogens is 2. The van der Waals surface area contributed by atoms with Gasteiger partial charge in [0.05, 0.1) is 24.6 Å². The van der Waals surface area contributed by atoms with E-state index in [1.165, 1.54) is 0 Å². The van der Waals surface area contributed by atoms with Gasteiger partial charge in [0, 0.05) is 59.8 Å². The van der Waals surface area contributed by atoms with Gasteiger partial charge in [0.15, 0.2) is 0 Å². The number of aryl methyl sites for hydroxylation is 2. The predicted molar refractivity (Wildman–Crippen MR) is 113 cm³/mol. The maximum absolute atomic E-state index is 10.4. The van der Waals surface area contributed by atoms with Gasteiger partial charge in [-0.3, -0.25) is 9.97 Å². The third-order valence-corrected chi connectivity index (χ3v) is 6.05. The quantitative estimate of drug-likeness (QED) is 0.383. The summed E-state index contributed by atoms with van der Waals surface area (Å²) in [6, 6.07) is 0.363. The second-order valence-corrected chi connectivity index (χ2v) is 7.97. The summed E-state index contributed by atoms with van der Waals surface area (Å²) in [5, 5.41) is 47.0. The molecule has 2 aromatic rings. The first-order valence-corrected chi connectivity index (χ1v) is 10.5. The van der Waals surface area contributed by atoms with Crippen molar-refractivity contribution in [1.82, 2.24) is 20.6 Å². The first-order chi connectivity index (χ1) is 14.5. The molecule has 1 saturated carbocycles. The highest BCUT2D eigenvalue weighted by Crippen LogP contribution is 2.27. The lowest BCUT2D eigenvalue weighted by Crippen LogP contribution is -2.49. The van der Waals surface area contributed by atoms with E-state index in [9.17, 15) is 20.4 Å². The largest absolute Gasteiger partial charge is 0.506 e. The molecule has 30 heavy (non-hydrogen) atoms. The molecule has 1 fully saturated rings. The Balaban J connectivity index is 1.70. The summed E-state index contributed by atoms with van der Waals surface area (Å²) in [4.78, 5) is 8.23. The Morgan fingerprint density at radius 2 is 1.20 bits per heavy atom. The van der Waals surface area contributed by atoms with E-state index in [0.29, 0.717) is 46.7 Å². The molecule has 1 aliphatic carbocycles. The average Bonchev–Trinajstić information content (AvgIpc) is 2.76. The molecular weight excluding hydrogens is 384 g/mol. The van der Waals surface area contributed by atoms with Crippen molar-refractivity contribution >= 4 is 0 Å². The van der Waals surface area contributed by atoms with Gasteiger partial charge in [0.1, 0.15) is 11.5 Å². The molecule has 0 bridgehead atoms. The van der Waals surface area contributed by atoms with Gasteiger partial charge < -0.3 is 31.1 Å². The minimum absolute atomic E-state index is 0.124. The van der Waals surface area contributed by atoms with Crippen LogP contribution in [-0.4, -0.2) is 42.5 Å². The summed E-state index contributed by atoms with van der Waals surface area (Å²) in [7, 11) is 0. The minimum Gasteiger partial charge on any atom is -0.506 e. The lowest BCUT2D eigenvalue weighted by atomic mass is 9.89. The highest BCUT2D eigenvalue weighted by Gasteiger charge is 2.26. The fourth-order valence-electron chi connectivity index (χ4n) is 4.12. The van der Waals surface area contributed by atoms with Crippen molar-refractivity contribution in [2.75, 3.05) is 0 Å². The monoisotopic (exact) mass is 416 g/mol. The number of nitrogens with zero attached hydrogens (tertiary/aromatic N) is 2. The SMILES string of the molecule is Cc1ncc(CO)c(CNC2CCCCC2NCc2c(CO)cnc(C)c2O)c1O. The van der Waals surface area contributed by atoms with E-state index in [1.807, 2.05) is 0 Å². The van der Waals surface area contributed by atoms with Crippen LogP contribution >= 0.6 is 0 Å². The van der Waals surface area contributed by atoms with Crippen molar-refractivity contribution in [3.05, 3.63) is 46.0 Å². The summed E-state index contributed by atoms with van der Waals surface area (Å²) in [6.07, 6.45) is 7.43. The zero-order chi connectivity index (χ0) is 21.7. The van der Waals surface area contributed by atoms with Crippen molar-refractivity contribution < 1.29 is 20.4 Å². The molecule has 8 heteroatoms. The molecule has 0 aromatic carbocycles. The van der Waals surface area contributed by atoms with Crippen molar-refractivity contribution in [3.63, 3.8) is 0 Å². The fourth-order valence-corrected chi connectivity index (χ4v) is 4.12. The number of pyridine rings is 2. The molecule has 0 radical (unpaired) electrons. The first-order valence-electron chi connectivity index (χ1n) is 10.5. The van der Waals surface area contributed by atoms with E-state index < -0.39 is 0 Å². The topological polar surface area (TPSA) is 131 Å². The third-order valence-electron chi connectivity index (χ3n) is 6.05. The van der Waals surface area contributed by atoms with Crippen molar-refractivity contribution in [1.29, 1.82) is 0 Å². The molecule has 1 aliphatic rings. The van der Waals surface area contributed by atoms with E-state index in [0.717, 1.165) is 25.7 Å². The van der Waals surface area contributed by atoms with Crippen LogP contribution in [-0.2, 0) is 26.3 Å². The summed E-state index contributed by atoms with van der Waals surface area (Å²) in [5.74, 6) is 0.248. The fraction of sp³-hybridized carbons (Fsp3) is 0.545. The van der Waals surface area contributed by atoms with Crippen LogP contribution in [0.15, 0.2) is 12.4 Å². The van der Waals surface area contributed by atoms with Crippen LogP contribution in [0.3, 0.4) is 0 Å². The summed E-state index contributed by atoms with van der Waals surface area (Å²) >= 11 is 0. The molecule has 8 nitrogen and oxygen atoms in total. The Bertz CT molecular complexity index is 803. The molecule has 2 atom stereocenters. The third kappa shape index (κ3) is 4.89. The lowest BCUT2D eigenvalue weighted by molar-refractivity contribution is 0.266. The maximum atomic E-state index is 10.4. The van der Waals surface area contributed by atoms with E-state index in [1.54, 1.807) is 26.2 Å². The standard InChI is InChI=1S/C22H32N4O4/c1-13-21(29)17(15(11-27)7-23-13)9-25-19-5-3-4-6-20(19)26-10-18-16(12-28)8-24-14(2)22(18)30/h7-8,19-20,25-30H,3-6,9-12H2,1-2H3. The zero-order valence-electron chi connectivity index (χ0n) is 17.6. The molecular formula is C22H32N4O4. The normalized spacial score (nSPS) is 19.2. The van der Waals surface area contributed by atoms with Gasteiger partial charge in [-0.2, -0.15) is 0 Å². The van der Waals surface area contributed by atoms with Crippen LogP contribution in [0.2, 0.25) is 0 Å². The second-order valence-electron chi connectivity index (χ2n) is 7.97. The molecule has 3 rings (SSSR count). The van der Waals surface area contributed by atoms with Crippen LogP contribution in [0, 0.1) is 13.8 Å². The number of aliphatic hydroxyl groups excluding tert-OH is 2. The highest BCUT2D eigenvalue weighted by molar-refractivity contribution is 5.41. The predicted octanol–water partition coefficient (Wildman–Crippen LogP) is 1.68. The summed E-state index contributed by atoms with van der Waals surface area (Å²) < 4.78 is 0. The van der Waals surface area contributed by atoms with Crippen molar-refractivity contribution in [2.24, 2.45) is 0 Å². The molecule has 0 saturated heterocycles. The summed E-state index contributed by atoms with van der Waals surface area (Å²) in [6.45, 7) is 4.02. The van der Waals surface area contributed by atoms with Crippen LogP contribution < -0.4 is 10.6 Å². The molecule has 0 aliphatic heterocycles. The molecule has 2 heterocycles. The number of nitrogens with one attached hydrogen (secondary N) is 2. The van der Waals surface area contributed by atoms with E-state index >= 15 is 0 Å². The van der Waals surface area contributed by atoms with Crippen LogP contribution in [0.1, 0.15) is 59.3 Å². The Morgan fingerprint density at radius 1 is 0.800 bits per heavy atom. The zero-order valence-corrected chi connectivity index (χ0v) is 17.6. The van der Waals surface area contributed by atoms with E-state index in [4.69, 9.17) is 0 Å². The van der Waals surface area contributed by atoms with Gasteiger partial charge >= 0.3 is 0 Å². The number of rotatable bonds is 8. The van der Waals surface area contributed by atoms with Gasteiger partial charge in [0.25, 0.3) is 0 Å². The molecule has 0 spiro atoms. The number of aliphatic hydroxyl groups is 2. The molecule has 0 amide bonds. The molecule has 2 aromatic heterocycles. The van der Waals surface area contributed by atoms with Gasteiger partial charge in [0.2, 0.25) is 0 Å². The first kappa shape index (κ1) is 22.4. The molecule has 6 N–H and O–H groups in total. The van der Waals surface area contributed by atoms with Crippen LogP contribution in [0.4, 0.5) is 0 Å². The lowest BCUT2D eigenvalue weighted by Gasteiger charge is -2.34. The molecule has 2 unspecified atom stereocenters. The van der Waals surface area contributed by atoms with Gasteiger partial charge in [-0.25, -0.2) is 0 Å². The smallest absolute Gasteiger partial charge is 0.141 e. The second kappa shape index (κ2) is 10.2.